The molecule has 0 fully saturated rings. The third-order valence-corrected chi connectivity index (χ3v) is 5.12. The summed E-state index contributed by atoms with van der Waals surface area (Å²) in [6, 6.07) is 14.3. The van der Waals surface area contributed by atoms with Crippen molar-refractivity contribution in [3.8, 4) is 5.75 Å². The van der Waals surface area contributed by atoms with Crippen LogP contribution in [0.15, 0.2) is 69.8 Å². The molecule has 0 unspecified atom stereocenters. The fourth-order valence-electron chi connectivity index (χ4n) is 2.55. The summed E-state index contributed by atoms with van der Waals surface area (Å²) in [6.45, 7) is 1.90. The minimum atomic E-state index is -0.622. The lowest BCUT2D eigenvalue weighted by atomic mass is 10.1. The van der Waals surface area contributed by atoms with E-state index < -0.39 is 5.97 Å². The van der Waals surface area contributed by atoms with E-state index in [2.05, 4.69) is 4.99 Å². The number of thioether (sulfide) groups is 1. The third kappa shape index (κ3) is 4.40. The molecule has 28 heavy (non-hydrogen) atoms. The Bertz CT molecular complexity index is 980. The summed E-state index contributed by atoms with van der Waals surface area (Å²) in [5.74, 6) is -0.130. The van der Waals surface area contributed by atoms with Crippen molar-refractivity contribution < 1.29 is 19.4 Å². The average Bonchev–Trinajstić information content (AvgIpc) is 2.99. The average molecular weight is 416 g/mol. The van der Waals surface area contributed by atoms with Gasteiger partial charge in [0.2, 0.25) is 0 Å². The fourth-order valence-corrected chi connectivity index (χ4v) is 3.70. The van der Waals surface area contributed by atoms with Gasteiger partial charge in [0.05, 0.1) is 24.3 Å². The Balaban J connectivity index is 2.06. The molecule has 0 amide bonds. The van der Waals surface area contributed by atoms with E-state index in [4.69, 9.17) is 21.1 Å². The van der Waals surface area contributed by atoms with Gasteiger partial charge in [0, 0.05) is 10.6 Å². The quantitative estimate of drug-likeness (QED) is 0.649. The van der Waals surface area contributed by atoms with Crippen molar-refractivity contribution in [1.29, 1.82) is 0 Å². The molecule has 1 heterocycles. The number of rotatable bonds is 5. The zero-order chi connectivity index (χ0) is 20.1. The number of methoxy groups -OCH3 is 1. The number of esters is 1. The van der Waals surface area contributed by atoms with E-state index in [0.717, 1.165) is 5.56 Å². The smallest absolute Gasteiger partial charge is 0.344 e. The lowest BCUT2D eigenvalue weighted by Crippen LogP contribution is -2.12. The van der Waals surface area contributed by atoms with Gasteiger partial charge in [0.25, 0.3) is 0 Å². The van der Waals surface area contributed by atoms with E-state index in [-0.39, 0.29) is 17.9 Å². The number of ether oxygens (including phenoxy) is 2. The van der Waals surface area contributed by atoms with Crippen molar-refractivity contribution in [1.82, 2.24) is 0 Å². The highest BCUT2D eigenvalue weighted by molar-refractivity contribution is 8.18. The Labute approximate surface area is 172 Å². The van der Waals surface area contributed by atoms with Crippen molar-refractivity contribution in [3.63, 3.8) is 0 Å². The van der Waals surface area contributed by atoms with Crippen molar-refractivity contribution in [2.45, 2.75) is 6.92 Å². The first-order valence-corrected chi connectivity index (χ1v) is 9.70. The molecule has 0 bridgehead atoms. The molecule has 1 aliphatic heterocycles. The number of nitrogens with zero attached hydrogens (tertiary/aromatic N) is 1. The molecule has 0 saturated carbocycles. The highest BCUT2D eigenvalue weighted by atomic mass is 35.5. The molecule has 0 saturated heterocycles. The molecule has 3 rings (SSSR count). The minimum absolute atomic E-state index is 0.0444. The lowest BCUT2D eigenvalue weighted by Gasteiger charge is -2.05. The number of hydrogen-bond donors (Lipinski definition) is 1. The molecule has 0 radical (unpaired) electrons. The second-order valence-electron chi connectivity index (χ2n) is 5.69. The van der Waals surface area contributed by atoms with Crippen LogP contribution in [-0.2, 0) is 9.53 Å². The van der Waals surface area contributed by atoms with Gasteiger partial charge in [-0.25, -0.2) is 9.79 Å². The number of halogens is 1. The molecule has 0 aromatic heterocycles. The maximum Gasteiger partial charge on any atom is 0.344 e. The summed E-state index contributed by atoms with van der Waals surface area (Å²) < 4.78 is 10.5. The van der Waals surface area contributed by atoms with Crippen LogP contribution >= 0.6 is 23.4 Å². The van der Waals surface area contributed by atoms with Gasteiger partial charge in [-0.3, -0.25) is 0 Å². The van der Waals surface area contributed by atoms with Crippen LogP contribution in [-0.4, -0.2) is 29.8 Å². The van der Waals surface area contributed by atoms with Crippen LogP contribution in [0.4, 0.5) is 5.69 Å². The predicted molar refractivity (Wildman–Crippen MR) is 113 cm³/mol. The molecule has 1 aliphatic rings. The molecule has 7 heteroatoms. The Morgan fingerprint density at radius 2 is 1.93 bits per heavy atom. The van der Waals surface area contributed by atoms with E-state index in [1.165, 1.54) is 11.8 Å². The van der Waals surface area contributed by atoms with Gasteiger partial charge < -0.3 is 14.6 Å². The van der Waals surface area contributed by atoms with Crippen LogP contribution in [0, 0.1) is 0 Å². The maximum atomic E-state index is 12.4. The van der Waals surface area contributed by atoms with Crippen LogP contribution < -0.4 is 4.74 Å². The molecular weight excluding hydrogens is 398 g/mol. The fraction of sp³-hybridized carbons (Fsp3) is 0.143. The minimum Gasteiger partial charge on any atom is -0.506 e. The second kappa shape index (κ2) is 8.99. The highest BCUT2D eigenvalue weighted by Crippen LogP contribution is 2.41. The molecule has 0 spiro atoms. The van der Waals surface area contributed by atoms with E-state index in [1.807, 2.05) is 24.3 Å². The summed E-state index contributed by atoms with van der Waals surface area (Å²) in [7, 11) is 1.58. The summed E-state index contributed by atoms with van der Waals surface area (Å²) in [5, 5.41) is 11.7. The molecule has 5 nitrogen and oxygen atoms in total. The summed E-state index contributed by atoms with van der Waals surface area (Å²) in [6.07, 6.45) is 1.75. The first-order chi connectivity index (χ1) is 13.5. The van der Waals surface area contributed by atoms with Crippen LogP contribution in [0.5, 0.6) is 5.75 Å². The predicted octanol–water partition coefficient (Wildman–Crippen LogP) is 5.54. The Hall–Kier alpha value is -2.70. The second-order valence-corrected chi connectivity index (χ2v) is 7.16. The normalized spacial score (nSPS) is 16.7. The molecular formula is C21H18ClNO4S. The van der Waals surface area contributed by atoms with E-state index in [9.17, 15) is 9.90 Å². The van der Waals surface area contributed by atoms with Gasteiger partial charge in [-0.1, -0.05) is 41.6 Å². The molecule has 0 aliphatic carbocycles. The van der Waals surface area contributed by atoms with E-state index >= 15 is 0 Å². The van der Waals surface area contributed by atoms with Crippen LogP contribution in [0.25, 0.3) is 6.08 Å². The Morgan fingerprint density at radius 1 is 1.21 bits per heavy atom. The number of carbonyl (C=O) groups excluding carboxylic acids is 1. The Morgan fingerprint density at radius 3 is 2.61 bits per heavy atom. The molecule has 0 atom stereocenters. The summed E-state index contributed by atoms with van der Waals surface area (Å²) >= 11 is 7.11. The van der Waals surface area contributed by atoms with Crippen molar-refractivity contribution in [3.05, 3.63) is 75.4 Å². The standard InChI is InChI=1S/C21H18ClNO4S/c1-3-27-21(25)18-19(24)17(12-13-6-4-5-7-16(13)26-2)28-20(18)23-15-10-8-14(22)9-11-15/h4-12,24H,3H2,1-2H3. The SMILES string of the molecule is CCOC(=O)C1=C(O)C(=Cc2ccccc2OC)SC1=Nc1ccc(Cl)cc1. The monoisotopic (exact) mass is 415 g/mol. The number of aliphatic hydroxyl groups excluding tert-OH is 1. The molecule has 2 aromatic rings. The number of benzene rings is 2. The molecule has 144 valence electrons. The summed E-state index contributed by atoms with van der Waals surface area (Å²) in [5.41, 5.74) is 1.43. The number of aliphatic imine (C=N–C) groups is 1. The van der Waals surface area contributed by atoms with Gasteiger partial charge >= 0.3 is 5.97 Å². The van der Waals surface area contributed by atoms with Gasteiger partial charge in [-0.05, 0) is 43.3 Å². The van der Waals surface area contributed by atoms with Crippen LogP contribution in [0.2, 0.25) is 5.02 Å². The van der Waals surface area contributed by atoms with Gasteiger partial charge in [0.15, 0.2) is 0 Å². The first kappa shape index (κ1) is 20.0. The number of aliphatic hydroxyl groups is 1. The van der Waals surface area contributed by atoms with Crippen LogP contribution in [0.3, 0.4) is 0 Å². The van der Waals surface area contributed by atoms with Gasteiger partial charge in [-0.2, -0.15) is 0 Å². The number of carbonyl (C=O) groups is 1. The van der Waals surface area contributed by atoms with Gasteiger partial charge in [-0.15, -0.1) is 0 Å². The zero-order valence-electron chi connectivity index (χ0n) is 15.3. The van der Waals surface area contributed by atoms with Crippen molar-refractivity contribution in [2.24, 2.45) is 4.99 Å². The topological polar surface area (TPSA) is 68.1 Å². The number of hydrogen-bond acceptors (Lipinski definition) is 6. The molecule has 2 aromatic carbocycles. The van der Waals surface area contributed by atoms with Crippen molar-refractivity contribution in [2.75, 3.05) is 13.7 Å². The summed E-state index contributed by atoms with van der Waals surface area (Å²) in [4.78, 5) is 17.4. The largest absolute Gasteiger partial charge is 0.506 e. The van der Waals surface area contributed by atoms with Gasteiger partial charge in [0.1, 0.15) is 22.1 Å². The van der Waals surface area contributed by atoms with E-state index in [0.29, 0.717) is 26.4 Å². The number of para-hydroxylation sites is 1. The van der Waals surface area contributed by atoms with Crippen LogP contribution in [0.1, 0.15) is 12.5 Å². The highest BCUT2D eigenvalue weighted by Gasteiger charge is 2.33. The maximum absolute atomic E-state index is 12.4. The van der Waals surface area contributed by atoms with Crippen molar-refractivity contribution >= 4 is 46.1 Å². The van der Waals surface area contributed by atoms with E-state index in [1.54, 1.807) is 44.4 Å². The first-order valence-electron chi connectivity index (χ1n) is 8.51. The Kier molecular flexibility index (Phi) is 6.44. The lowest BCUT2D eigenvalue weighted by molar-refractivity contribution is -0.138. The third-order valence-electron chi connectivity index (χ3n) is 3.85. The molecule has 1 N–H and O–H groups in total. The zero-order valence-corrected chi connectivity index (χ0v) is 16.9.